The Morgan fingerprint density at radius 3 is 2.26 bits per heavy atom. The van der Waals surface area contributed by atoms with Crippen LogP contribution in [0.25, 0.3) is 0 Å². The van der Waals surface area contributed by atoms with Gasteiger partial charge in [-0.25, -0.2) is 0 Å². The van der Waals surface area contributed by atoms with Crippen molar-refractivity contribution in [3.63, 3.8) is 0 Å². The monoisotopic (exact) mass is 425 g/mol. The molecule has 0 saturated heterocycles. The fourth-order valence-electron chi connectivity index (χ4n) is 3.46. The summed E-state index contributed by atoms with van der Waals surface area (Å²) in [5, 5.41) is 2.86. The highest BCUT2D eigenvalue weighted by atomic mass is 16.5. The van der Waals surface area contributed by atoms with Gasteiger partial charge in [0.15, 0.2) is 0 Å². The fourth-order valence-corrected chi connectivity index (χ4v) is 3.46. The average Bonchev–Trinajstić information content (AvgIpc) is 2.71. The molecule has 0 aliphatic rings. The summed E-state index contributed by atoms with van der Waals surface area (Å²) >= 11 is 0. The van der Waals surface area contributed by atoms with Crippen LogP contribution in [0.5, 0.6) is 0 Å². The standard InChI is InChI=1S/C25H35N3O3/c1-18(19-11-9-8-10-12-19)28(24(30)25(2,3)4)16-20-15-21(26-23(29)17-31-7)13-14-22(20)27(5)6/h8-15,18H,16-17H2,1-7H3,(H,26,29). The van der Waals surface area contributed by atoms with Gasteiger partial charge >= 0.3 is 0 Å². The molecule has 2 rings (SSSR count). The van der Waals surface area contributed by atoms with Crippen molar-refractivity contribution in [3.8, 4) is 0 Å². The third-order valence-corrected chi connectivity index (χ3v) is 5.11. The second-order valence-electron chi connectivity index (χ2n) is 8.99. The molecule has 0 fully saturated rings. The second-order valence-corrected chi connectivity index (χ2v) is 8.99. The van der Waals surface area contributed by atoms with Gasteiger partial charge in [0.1, 0.15) is 6.61 Å². The lowest BCUT2D eigenvalue weighted by Gasteiger charge is -2.35. The van der Waals surface area contributed by atoms with Crippen LogP contribution < -0.4 is 10.2 Å². The lowest BCUT2D eigenvalue weighted by molar-refractivity contribution is -0.142. The molecule has 2 amide bonds. The molecule has 0 heterocycles. The topological polar surface area (TPSA) is 61.9 Å². The molecule has 1 atom stereocenters. The summed E-state index contributed by atoms with van der Waals surface area (Å²) < 4.78 is 4.91. The Bertz CT molecular complexity index is 889. The Labute approximate surface area is 186 Å². The summed E-state index contributed by atoms with van der Waals surface area (Å²) in [6.07, 6.45) is 0. The van der Waals surface area contributed by atoms with Crippen LogP contribution in [0.2, 0.25) is 0 Å². The minimum absolute atomic E-state index is 0.00948. The van der Waals surface area contributed by atoms with Crippen LogP contribution in [0, 0.1) is 5.41 Å². The van der Waals surface area contributed by atoms with E-state index in [0.29, 0.717) is 12.2 Å². The van der Waals surface area contributed by atoms with Crippen molar-refractivity contribution in [2.24, 2.45) is 5.41 Å². The summed E-state index contributed by atoms with van der Waals surface area (Å²) in [7, 11) is 5.43. The van der Waals surface area contributed by atoms with Gasteiger partial charge in [-0.05, 0) is 36.2 Å². The Balaban J connectivity index is 2.46. The Morgan fingerprint density at radius 2 is 1.71 bits per heavy atom. The van der Waals surface area contributed by atoms with E-state index in [-0.39, 0.29) is 24.5 Å². The number of rotatable bonds is 8. The van der Waals surface area contributed by atoms with Crippen LogP contribution in [0.4, 0.5) is 11.4 Å². The first-order valence-corrected chi connectivity index (χ1v) is 10.5. The molecular formula is C25H35N3O3. The smallest absolute Gasteiger partial charge is 0.250 e. The zero-order valence-corrected chi connectivity index (χ0v) is 19.7. The average molecular weight is 426 g/mol. The van der Waals surface area contributed by atoms with E-state index >= 15 is 0 Å². The van der Waals surface area contributed by atoms with Crippen molar-refractivity contribution in [2.75, 3.05) is 38.0 Å². The van der Waals surface area contributed by atoms with E-state index in [1.807, 2.05) is 93.2 Å². The summed E-state index contributed by atoms with van der Waals surface area (Å²) in [5.41, 5.74) is 3.19. The summed E-state index contributed by atoms with van der Waals surface area (Å²) in [6.45, 7) is 8.29. The number of nitrogens with zero attached hydrogens (tertiary/aromatic N) is 2. The molecule has 6 heteroatoms. The van der Waals surface area contributed by atoms with E-state index in [1.165, 1.54) is 7.11 Å². The third kappa shape index (κ3) is 6.56. The maximum Gasteiger partial charge on any atom is 0.250 e. The van der Waals surface area contributed by atoms with E-state index in [1.54, 1.807) is 0 Å². The van der Waals surface area contributed by atoms with Crippen LogP contribution in [0.3, 0.4) is 0 Å². The fraction of sp³-hybridized carbons (Fsp3) is 0.440. The molecule has 31 heavy (non-hydrogen) atoms. The van der Waals surface area contributed by atoms with Gasteiger partial charge in [0.25, 0.3) is 0 Å². The largest absolute Gasteiger partial charge is 0.377 e. The first kappa shape index (κ1) is 24.4. The van der Waals surface area contributed by atoms with Crippen LogP contribution in [0.15, 0.2) is 48.5 Å². The molecule has 2 aromatic carbocycles. The molecule has 0 saturated carbocycles. The minimum atomic E-state index is -0.522. The predicted molar refractivity (Wildman–Crippen MR) is 126 cm³/mol. The van der Waals surface area contributed by atoms with E-state index in [9.17, 15) is 9.59 Å². The van der Waals surface area contributed by atoms with Gasteiger partial charge in [-0.2, -0.15) is 0 Å². The third-order valence-electron chi connectivity index (χ3n) is 5.11. The van der Waals surface area contributed by atoms with Crippen molar-refractivity contribution in [2.45, 2.75) is 40.3 Å². The molecule has 2 aromatic rings. The number of benzene rings is 2. The Hall–Kier alpha value is -2.86. The van der Waals surface area contributed by atoms with E-state index < -0.39 is 5.41 Å². The molecule has 1 unspecified atom stereocenters. The molecular weight excluding hydrogens is 390 g/mol. The van der Waals surface area contributed by atoms with Crippen molar-refractivity contribution in [1.29, 1.82) is 0 Å². The van der Waals surface area contributed by atoms with Gasteiger partial charge in [-0.15, -0.1) is 0 Å². The number of carbonyl (C=O) groups excluding carboxylic acids is 2. The van der Waals surface area contributed by atoms with Crippen LogP contribution >= 0.6 is 0 Å². The van der Waals surface area contributed by atoms with E-state index in [0.717, 1.165) is 16.8 Å². The summed E-state index contributed by atoms with van der Waals surface area (Å²) in [5.74, 6) is -0.145. The van der Waals surface area contributed by atoms with Crippen molar-refractivity contribution in [1.82, 2.24) is 4.90 Å². The summed E-state index contributed by atoms with van der Waals surface area (Å²) in [4.78, 5) is 29.4. The van der Waals surface area contributed by atoms with Gasteiger partial charge in [0.2, 0.25) is 11.8 Å². The number of hydrogen-bond donors (Lipinski definition) is 1. The van der Waals surface area contributed by atoms with Gasteiger partial charge in [0, 0.05) is 44.5 Å². The lowest BCUT2D eigenvalue weighted by Crippen LogP contribution is -2.40. The van der Waals surface area contributed by atoms with Crippen molar-refractivity contribution >= 4 is 23.2 Å². The van der Waals surface area contributed by atoms with E-state index in [4.69, 9.17) is 4.74 Å². The Kier molecular flexibility index (Phi) is 8.22. The molecule has 0 radical (unpaired) electrons. The first-order chi connectivity index (χ1) is 14.5. The number of nitrogens with one attached hydrogen (secondary N) is 1. The Morgan fingerprint density at radius 1 is 1.06 bits per heavy atom. The second kappa shape index (κ2) is 10.4. The number of anilines is 2. The highest BCUT2D eigenvalue weighted by Crippen LogP contribution is 2.32. The molecule has 168 valence electrons. The maximum absolute atomic E-state index is 13.4. The highest BCUT2D eigenvalue weighted by molar-refractivity contribution is 5.92. The molecule has 0 aromatic heterocycles. The molecule has 0 spiro atoms. The number of ether oxygens (including phenoxy) is 1. The van der Waals surface area contributed by atoms with Crippen LogP contribution in [0.1, 0.15) is 44.9 Å². The molecule has 0 aliphatic heterocycles. The lowest BCUT2D eigenvalue weighted by atomic mass is 9.92. The minimum Gasteiger partial charge on any atom is -0.377 e. The highest BCUT2D eigenvalue weighted by Gasteiger charge is 2.31. The van der Waals surface area contributed by atoms with Crippen LogP contribution in [-0.2, 0) is 20.9 Å². The number of hydrogen-bond acceptors (Lipinski definition) is 4. The zero-order valence-electron chi connectivity index (χ0n) is 19.7. The maximum atomic E-state index is 13.4. The van der Waals surface area contributed by atoms with Gasteiger partial charge in [-0.3, -0.25) is 9.59 Å². The molecule has 0 bridgehead atoms. The number of amides is 2. The predicted octanol–water partition coefficient (Wildman–Crippen LogP) is 4.47. The SMILES string of the molecule is COCC(=O)Nc1ccc(N(C)C)c(CN(C(=O)C(C)(C)C)C(C)c2ccccc2)c1. The number of carbonyl (C=O) groups is 2. The van der Waals surface area contributed by atoms with Crippen LogP contribution in [-0.4, -0.2) is 44.5 Å². The van der Waals surface area contributed by atoms with Gasteiger partial charge in [0.05, 0.1) is 6.04 Å². The molecule has 1 N–H and O–H groups in total. The summed E-state index contributed by atoms with van der Waals surface area (Å²) in [6, 6.07) is 15.7. The molecule has 6 nitrogen and oxygen atoms in total. The van der Waals surface area contributed by atoms with Gasteiger partial charge in [-0.1, -0.05) is 51.1 Å². The van der Waals surface area contributed by atoms with Crippen molar-refractivity contribution < 1.29 is 14.3 Å². The molecule has 0 aliphatic carbocycles. The normalized spacial score (nSPS) is 12.2. The quantitative estimate of drug-likeness (QED) is 0.678. The van der Waals surface area contributed by atoms with E-state index in [2.05, 4.69) is 12.2 Å². The number of methoxy groups -OCH3 is 1. The zero-order chi connectivity index (χ0) is 23.2. The van der Waals surface area contributed by atoms with Crippen molar-refractivity contribution in [3.05, 3.63) is 59.7 Å². The first-order valence-electron chi connectivity index (χ1n) is 10.5. The van der Waals surface area contributed by atoms with Gasteiger partial charge < -0.3 is 19.9 Å².